The van der Waals surface area contributed by atoms with Crippen LogP contribution in [-0.2, 0) is 41.5 Å². The molecule has 0 fully saturated rings. The Morgan fingerprint density at radius 1 is 0.399 bits per heavy atom. The van der Waals surface area contributed by atoms with Gasteiger partial charge in [-0.1, -0.05) is 153 Å². The molecule has 5 unspecified atom stereocenters. The van der Waals surface area contributed by atoms with Gasteiger partial charge in [0.1, 0.15) is 45.6 Å². The van der Waals surface area contributed by atoms with Crippen molar-refractivity contribution in [1.82, 2.24) is 49.2 Å². The quantitative estimate of drug-likeness (QED) is 0.0699. The Bertz CT molecular complexity index is 8020. The number of thiophene rings is 3. The number of hydrogen-bond donors (Lipinski definition) is 6. The highest BCUT2D eigenvalue weighted by atomic mass is 32.1. The number of amides is 4. The maximum absolute atomic E-state index is 13.7. The van der Waals surface area contributed by atoms with Gasteiger partial charge in [0.05, 0.1) is 67.1 Å². The SMILES string of the molecule is [C-]#[N+]c1cc(-c2ccc(C3(C)CC(=N)N(C)C(=O)c4ccccc43)s2)ccc1F.[C-]#[N+]c1cc(-c2ccc(C3(C)CC(=N)N(C)N(C)c4ccccc43)s2)ccc1F.[C-]#[N+]c1cccc(-c2cccc(C3(C)N=C(N)N(C)C(=O)c4cn(C)nc43)c2)c1.[C-]#[N+]c1cccc(-c2cccc(C3(C)N=C(N)N(C)C(=O)c4cn[nH]c43)c2)c1.[C-]#[N+]c1cccc(-c2csc(C3(C)N=C(N)N(C)C(=O)c4cn(C)cc43)c2)c1. The average Bonchev–Trinajstić information content (AvgIpc) is 1.61. The number of H-pyrrole nitrogens is 1. The molecule has 11 heterocycles. The van der Waals surface area contributed by atoms with E-state index in [2.05, 4.69) is 82.6 Å². The van der Waals surface area contributed by atoms with Crippen LogP contribution in [0.1, 0.15) is 143 Å². The van der Waals surface area contributed by atoms with Crippen LogP contribution in [0, 0.1) is 55.3 Å². The van der Waals surface area contributed by atoms with E-state index in [1.54, 1.807) is 123 Å². The number of nitrogens with one attached hydrogen (secondary N) is 3. The molecule has 20 rings (SSSR count). The lowest BCUT2D eigenvalue weighted by molar-refractivity contribution is 0.0862. The van der Waals surface area contributed by atoms with E-state index in [-0.39, 0.29) is 64.1 Å². The van der Waals surface area contributed by atoms with E-state index >= 15 is 0 Å². The summed E-state index contributed by atoms with van der Waals surface area (Å²) in [6.07, 6.45) is 7.91. The predicted molar refractivity (Wildman–Crippen MR) is 561 cm³/mol. The van der Waals surface area contributed by atoms with Crippen molar-refractivity contribution in [2.45, 2.75) is 74.9 Å². The van der Waals surface area contributed by atoms with E-state index in [1.807, 2.05) is 232 Å². The predicted octanol–water partition coefficient (Wildman–Crippen LogP) is 22.5. The van der Waals surface area contributed by atoms with Gasteiger partial charge in [-0.3, -0.25) is 69.4 Å². The van der Waals surface area contributed by atoms with E-state index in [1.165, 1.54) is 43.5 Å². The molecule has 15 aromatic rings. The van der Waals surface area contributed by atoms with Crippen molar-refractivity contribution in [3.05, 3.63) is 412 Å². The highest BCUT2D eigenvalue weighted by molar-refractivity contribution is 7.16. The van der Waals surface area contributed by atoms with Gasteiger partial charge in [-0.2, -0.15) is 10.2 Å². The number of aliphatic imine (C=N–C) groups is 3. The highest BCUT2D eigenvalue weighted by Crippen LogP contribution is 2.51. The molecule has 28 nitrogen and oxygen atoms in total. The second-order valence-electron chi connectivity index (χ2n) is 35.8. The maximum Gasteiger partial charge on any atom is 0.263 e. The van der Waals surface area contributed by atoms with Gasteiger partial charge in [-0.15, -0.1) is 34.0 Å². The van der Waals surface area contributed by atoms with Gasteiger partial charge in [-0.05, 0) is 190 Å². The number of guanidine groups is 3. The van der Waals surface area contributed by atoms with Crippen LogP contribution in [0.5, 0.6) is 0 Å². The molecule has 0 saturated carbocycles. The molecule has 0 aliphatic carbocycles. The molecule has 0 bridgehead atoms. The number of hydrogen-bond acceptors (Lipinski definition) is 18. The third-order valence-electron chi connectivity index (χ3n) is 26.6. The summed E-state index contributed by atoms with van der Waals surface area (Å²) < 4.78 is 30.9. The smallest absolute Gasteiger partial charge is 0.263 e. The number of aromatic nitrogens is 5. The first-order chi connectivity index (χ1) is 68.3. The number of hydrazine groups is 1. The van der Waals surface area contributed by atoms with Crippen LogP contribution in [0.25, 0.3) is 78.5 Å². The molecule has 712 valence electrons. The fraction of sp³-hybridized carbons (Fsp3) is 0.182. The minimum Gasteiger partial charge on any atom is -0.369 e. The van der Waals surface area contributed by atoms with Crippen molar-refractivity contribution < 1.29 is 28.0 Å². The highest BCUT2D eigenvalue weighted by Gasteiger charge is 2.46. The maximum atomic E-state index is 13.7. The van der Waals surface area contributed by atoms with Crippen molar-refractivity contribution in [2.24, 2.45) is 46.3 Å². The lowest BCUT2D eigenvalue weighted by atomic mass is 9.76. The van der Waals surface area contributed by atoms with Crippen molar-refractivity contribution in [1.29, 1.82) is 10.8 Å². The Morgan fingerprint density at radius 2 is 0.846 bits per heavy atom. The van der Waals surface area contributed by atoms with Gasteiger partial charge >= 0.3 is 0 Å². The normalized spacial score (nSPS) is 18.9. The van der Waals surface area contributed by atoms with Crippen LogP contribution in [0.15, 0.2) is 282 Å². The van der Waals surface area contributed by atoms with E-state index in [0.717, 1.165) is 96.8 Å². The average molecular weight is 1950 g/mol. The van der Waals surface area contributed by atoms with Gasteiger partial charge < -0.3 is 21.8 Å². The zero-order chi connectivity index (χ0) is 102. The van der Waals surface area contributed by atoms with E-state index in [0.29, 0.717) is 69.4 Å². The first-order valence-corrected chi connectivity index (χ1v) is 47.3. The number of rotatable bonds is 10. The standard InChI is InChI=1S/C23H21FN4S.C23H18FN3OS.C22H20N6O.C21H18N6O.C21H19N5OS/c1-23(14-22(25)28(4)27(3)19-8-6-5-7-16(19)23)21-12-11-20(29-21)15-9-10-17(24)18(13-15)26-2;1-23(13-21(25)27(3)22(28)15-6-4-5-7-16(15)23)20-11-10-19(29-20)14-8-9-17(24)18(12-14)26-2;1-22(19-18(13-27(3)26-19)20(29)28(4)21(23)25-22)16-9-5-7-14(11-16)15-8-6-10-17(12-15)24-2;1-21(18-17(12-24-26-18)19(28)27(3)20(22)25-21)15-8-4-6-13(10-15)14-7-5-9-16(11-14)23-2;1-21(17-11-25(3)10-16(17)19(27)26(4)20(22)24-21)18-9-14(12-28-18)13-6-5-7-15(8-13)23-2/h5-13,25H,14H2,1,3-4H3;4-12,25H,13H2,1,3H3;5-13H,1,3-4H3,(H2,23,25);4-12H,1,3H3,(H2,22,25)(H,24,26);5-12H,1,3-4H3,(H2,22,24). The van der Waals surface area contributed by atoms with Crippen molar-refractivity contribution >= 4 is 121 Å². The number of carbonyl (C=O) groups excluding carboxylic acids is 4. The van der Waals surface area contributed by atoms with Crippen molar-refractivity contribution in [2.75, 3.05) is 47.3 Å². The second kappa shape index (κ2) is 39.3. The van der Waals surface area contributed by atoms with Crippen molar-refractivity contribution in [3.8, 4) is 54.3 Å². The number of para-hydroxylation sites is 1. The molecule has 5 aliphatic heterocycles. The summed E-state index contributed by atoms with van der Waals surface area (Å²) in [4.78, 5) is 92.8. The molecule has 9 aromatic carbocycles. The number of carbonyl (C=O) groups is 4. The number of halogens is 2. The summed E-state index contributed by atoms with van der Waals surface area (Å²) in [5, 5.41) is 34.5. The van der Waals surface area contributed by atoms with E-state index < -0.39 is 33.7 Å². The molecular formula is C110H96F2N24O4S3. The van der Waals surface area contributed by atoms with Crippen molar-refractivity contribution in [3.63, 3.8) is 0 Å². The zero-order valence-corrected chi connectivity index (χ0v) is 82.7. The lowest BCUT2D eigenvalue weighted by Crippen LogP contribution is -2.40. The molecule has 0 spiro atoms. The number of anilines is 1. The Balaban J connectivity index is 0.000000128. The van der Waals surface area contributed by atoms with Crippen LogP contribution in [0.2, 0.25) is 0 Å². The summed E-state index contributed by atoms with van der Waals surface area (Å²) in [6, 6.07) is 73.3. The second-order valence-corrected chi connectivity index (χ2v) is 38.9. The topological polar surface area (TPSA) is 324 Å². The fourth-order valence-corrected chi connectivity index (χ4v) is 21.5. The molecule has 0 saturated heterocycles. The third kappa shape index (κ3) is 18.6. The fourth-order valence-electron chi connectivity index (χ4n) is 18.1. The van der Waals surface area contributed by atoms with Gasteiger partial charge in [-0.25, -0.2) is 48.0 Å². The summed E-state index contributed by atoms with van der Waals surface area (Å²) >= 11 is 4.75. The van der Waals surface area contributed by atoms with Gasteiger partial charge in [0.25, 0.3) is 23.6 Å². The van der Waals surface area contributed by atoms with E-state index in [4.69, 9.17) is 70.9 Å². The number of aryl methyl sites for hydroxylation is 2. The first-order valence-electron chi connectivity index (χ1n) is 44.8. The summed E-state index contributed by atoms with van der Waals surface area (Å²) in [5.74, 6) is -0.585. The molecule has 0 radical (unpaired) electrons. The lowest BCUT2D eigenvalue weighted by Gasteiger charge is -2.30. The van der Waals surface area contributed by atoms with Crippen LogP contribution in [-0.4, -0.2) is 145 Å². The molecule has 5 aliphatic rings. The number of amidine groups is 2. The number of fused-ring (bicyclic) bond motifs is 5. The monoisotopic (exact) mass is 1950 g/mol. The minimum absolute atomic E-state index is 0.00234. The number of nitrogens with zero attached hydrogens (tertiary/aromatic N) is 18. The number of benzene rings is 9. The summed E-state index contributed by atoms with van der Waals surface area (Å²) in [5.41, 5.74) is 33.0. The minimum atomic E-state index is -0.936. The number of aromatic amines is 1. The molecule has 33 heteroatoms. The Morgan fingerprint density at radius 3 is 1.38 bits per heavy atom. The third-order valence-corrected chi connectivity index (χ3v) is 30.5. The molecule has 6 aromatic heterocycles. The van der Waals surface area contributed by atoms with Crippen LogP contribution in [0.3, 0.4) is 0 Å². The molecule has 9 N–H and O–H groups in total. The Kier molecular flexibility index (Phi) is 27.0. The van der Waals surface area contributed by atoms with Gasteiger partial charge in [0, 0.05) is 134 Å². The molecule has 5 atom stereocenters. The van der Waals surface area contributed by atoms with Gasteiger partial charge in [0.15, 0.2) is 34.9 Å². The molecular weight excluding hydrogens is 1860 g/mol. The molecule has 4 amide bonds. The van der Waals surface area contributed by atoms with Crippen LogP contribution >= 0.6 is 34.0 Å². The van der Waals surface area contributed by atoms with Crippen LogP contribution < -0.4 is 22.2 Å². The largest absolute Gasteiger partial charge is 0.369 e. The van der Waals surface area contributed by atoms with Gasteiger partial charge in [0.2, 0.25) is 11.4 Å². The van der Waals surface area contributed by atoms with Crippen LogP contribution in [0.4, 0.5) is 42.9 Å². The zero-order valence-electron chi connectivity index (χ0n) is 80.2. The molecule has 143 heavy (non-hydrogen) atoms. The summed E-state index contributed by atoms with van der Waals surface area (Å²) in [7, 11) is 14.0. The Hall–Kier alpha value is -17.7. The summed E-state index contributed by atoms with van der Waals surface area (Å²) in [6.45, 7) is 46.0. The first kappa shape index (κ1) is 98.4. The number of nitrogens with two attached hydrogens (primary N) is 3. The Labute approximate surface area is 838 Å². The van der Waals surface area contributed by atoms with E-state index in [9.17, 15) is 28.0 Å².